The Morgan fingerprint density at radius 3 is 1.96 bits per heavy atom. The van der Waals surface area contributed by atoms with Gasteiger partial charge in [-0.15, -0.1) is 0 Å². The van der Waals surface area contributed by atoms with Crippen LogP contribution in [0.2, 0.25) is 0 Å². The quantitative estimate of drug-likeness (QED) is 0.235. The molecule has 1 heterocycles. The van der Waals surface area contributed by atoms with Gasteiger partial charge in [-0.05, 0) is 25.7 Å². The highest BCUT2D eigenvalue weighted by atomic mass is 16.5. The zero-order chi connectivity index (χ0) is 17.5. The molecule has 0 N–H and O–H groups in total. The minimum absolute atomic E-state index is 0.0429. The molecule has 1 rings (SSSR count). The first-order chi connectivity index (χ1) is 11.8. The molecular weight excluding hydrogens is 296 g/mol. The van der Waals surface area contributed by atoms with Gasteiger partial charge in [-0.2, -0.15) is 0 Å². The predicted octanol–water partition coefficient (Wildman–Crippen LogP) is 7.12. The number of rotatable bonds is 15. The van der Waals surface area contributed by atoms with Crippen LogP contribution in [0.25, 0.3) is 0 Å². The number of cyclic esters (lactones) is 1. The molecule has 0 spiro atoms. The van der Waals surface area contributed by atoms with E-state index in [1.807, 2.05) is 0 Å². The van der Waals surface area contributed by atoms with E-state index < -0.39 is 0 Å². The molecule has 2 nitrogen and oxygen atoms in total. The summed E-state index contributed by atoms with van der Waals surface area (Å²) in [5, 5.41) is 0. The van der Waals surface area contributed by atoms with Crippen LogP contribution in [0.1, 0.15) is 117 Å². The second-order valence-corrected chi connectivity index (χ2v) is 7.42. The van der Waals surface area contributed by atoms with Crippen LogP contribution in [-0.4, -0.2) is 12.1 Å². The van der Waals surface area contributed by atoms with Crippen molar-refractivity contribution in [2.45, 2.75) is 123 Å². The van der Waals surface area contributed by atoms with Gasteiger partial charge in [-0.1, -0.05) is 90.6 Å². The van der Waals surface area contributed by atoms with Crippen LogP contribution < -0.4 is 0 Å². The summed E-state index contributed by atoms with van der Waals surface area (Å²) in [5.74, 6) is -0.0429. The van der Waals surface area contributed by atoms with Gasteiger partial charge in [0.1, 0.15) is 6.10 Å². The maximum atomic E-state index is 12.0. The van der Waals surface area contributed by atoms with Crippen molar-refractivity contribution < 1.29 is 9.53 Å². The molecule has 0 amide bonds. The van der Waals surface area contributed by atoms with E-state index in [-0.39, 0.29) is 12.1 Å². The van der Waals surface area contributed by atoms with Crippen LogP contribution in [-0.2, 0) is 9.53 Å². The van der Waals surface area contributed by atoms with Gasteiger partial charge in [-0.3, -0.25) is 0 Å². The maximum absolute atomic E-state index is 12.0. The normalized spacial score (nSPS) is 17.7. The van der Waals surface area contributed by atoms with Gasteiger partial charge in [-0.25, -0.2) is 4.79 Å². The molecule has 0 fully saturated rings. The molecule has 1 atom stereocenters. The Labute approximate surface area is 150 Å². The van der Waals surface area contributed by atoms with Crippen LogP contribution in [0.3, 0.4) is 0 Å². The third-order valence-electron chi connectivity index (χ3n) is 5.09. The second kappa shape index (κ2) is 14.5. The van der Waals surface area contributed by atoms with Crippen LogP contribution in [0, 0.1) is 0 Å². The summed E-state index contributed by atoms with van der Waals surface area (Å²) < 4.78 is 5.62. The number of esters is 1. The van der Waals surface area contributed by atoms with E-state index >= 15 is 0 Å². The third kappa shape index (κ3) is 10.2. The fourth-order valence-electron chi connectivity index (χ4n) is 3.44. The fourth-order valence-corrected chi connectivity index (χ4v) is 3.44. The lowest BCUT2D eigenvalue weighted by atomic mass is 9.99. The van der Waals surface area contributed by atoms with Crippen molar-refractivity contribution in [3.63, 3.8) is 0 Å². The van der Waals surface area contributed by atoms with Gasteiger partial charge in [0.05, 0.1) is 0 Å². The Hall–Kier alpha value is -0.790. The van der Waals surface area contributed by atoms with Crippen LogP contribution in [0.4, 0.5) is 0 Å². The molecule has 1 unspecified atom stereocenters. The minimum Gasteiger partial charge on any atom is -0.459 e. The molecule has 24 heavy (non-hydrogen) atoms. The van der Waals surface area contributed by atoms with Crippen molar-refractivity contribution in [1.82, 2.24) is 0 Å². The van der Waals surface area contributed by atoms with Crippen LogP contribution in [0.5, 0.6) is 0 Å². The molecule has 0 saturated heterocycles. The Morgan fingerprint density at radius 2 is 1.38 bits per heavy atom. The molecule has 0 aromatic heterocycles. The topological polar surface area (TPSA) is 26.3 Å². The second-order valence-electron chi connectivity index (χ2n) is 7.42. The van der Waals surface area contributed by atoms with Crippen molar-refractivity contribution in [3.8, 4) is 0 Å². The highest BCUT2D eigenvalue weighted by Crippen LogP contribution is 2.23. The van der Waals surface area contributed by atoms with Gasteiger partial charge in [0.15, 0.2) is 0 Å². The molecule has 0 bridgehead atoms. The Bertz CT molecular complexity index is 346. The summed E-state index contributed by atoms with van der Waals surface area (Å²) in [5.41, 5.74) is 0.925. The van der Waals surface area contributed by atoms with Gasteiger partial charge in [0.25, 0.3) is 0 Å². The zero-order valence-corrected chi connectivity index (χ0v) is 16.3. The first kappa shape index (κ1) is 21.3. The van der Waals surface area contributed by atoms with Crippen molar-refractivity contribution in [2.75, 3.05) is 0 Å². The van der Waals surface area contributed by atoms with E-state index in [4.69, 9.17) is 4.74 Å². The summed E-state index contributed by atoms with van der Waals surface area (Å²) in [6.45, 7) is 4.48. The lowest BCUT2D eigenvalue weighted by Crippen LogP contribution is -2.23. The number of hydrogen-bond acceptors (Lipinski definition) is 2. The average molecular weight is 337 g/mol. The molecular formula is C22H40O2. The molecule has 0 aromatic rings. The number of unbranched alkanes of at least 4 members (excludes halogenated alkanes) is 11. The Balaban J connectivity index is 2.01. The van der Waals surface area contributed by atoms with Gasteiger partial charge in [0, 0.05) is 12.0 Å². The highest BCUT2D eigenvalue weighted by Gasteiger charge is 2.21. The smallest absolute Gasteiger partial charge is 0.333 e. The van der Waals surface area contributed by atoms with Crippen molar-refractivity contribution in [2.24, 2.45) is 0 Å². The van der Waals surface area contributed by atoms with Crippen LogP contribution >= 0.6 is 0 Å². The van der Waals surface area contributed by atoms with E-state index in [9.17, 15) is 4.79 Å². The van der Waals surface area contributed by atoms with E-state index in [1.165, 1.54) is 77.0 Å². The Kier molecular flexibility index (Phi) is 12.9. The third-order valence-corrected chi connectivity index (χ3v) is 5.09. The molecule has 0 aliphatic carbocycles. The van der Waals surface area contributed by atoms with Gasteiger partial charge >= 0.3 is 5.97 Å². The summed E-state index contributed by atoms with van der Waals surface area (Å²) in [4.78, 5) is 12.0. The number of carbonyl (C=O) groups is 1. The number of carbonyl (C=O) groups excluding carboxylic acids is 1. The van der Waals surface area contributed by atoms with E-state index in [0.29, 0.717) is 0 Å². The molecule has 140 valence electrons. The highest BCUT2D eigenvalue weighted by molar-refractivity contribution is 5.89. The number of hydrogen-bond donors (Lipinski definition) is 0. The summed E-state index contributed by atoms with van der Waals surface area (Å²) in [6.07, 6.45) is 22.1. The monoisotopic (exact) mass is 336 g/mol. The maximum Gasteiger partial charge on any atom is 0.333 e. The molecule has 0 saturated carbocycles. The van der Waals surface area contributed by atoms with E-state index in [1.54, 1.807) is 0 Å². The molecule has 2 heteroatoms. The predicted molar refractivity (Wildman–Crippen MR) is 103 cm³/mol. The molecule has 1 aliphatic heterocycles. The van der Waals surface area contributed by atoms with Crippen molar-refractivity contribution in [3.05, 3.63) is 11.6 Å². The molecule has 0 radical (unpaired) electrons. The zero-order valence-electron chi connectivity index (χ0n) is 16.3. The standard InChI is InChI=1S/C22H40O2/c1-3-5-7-9-10-11-12-13-15-17-21-19-18-20(22(23)24-21)16-14-8-6-4-2/h18,21H,3-17,19H2,1-2H3. The largest absolute Gasteiger partial charge is 0.459 e. The van der Waals surface area contributed by atoms with Crippen molar-refractivity contribution >= 4 is 5.97 Å². The SMILES string of the molecule is CCCCCCCCCCCC1CC=C(CCCCCC)C(=O)O1. The Morgan fingerprint density at radius 1 is 0.833 bits per heavy atom. The summed E-state index contributed by atoms with van der Waals surface area (Å²) in [6, 6.07) is 0. The molecule has 1 aliphatic rings. The fraction of sp³-hybridized carbons (Fsp3) is 0.864. The lowest BCUT2D eigenvalue weighted by molar-refractivity contribution is -0.146. The van der Waals surface area contributed by atoms with Crippen LogP contribution in [0.15, 0.2) is 11.6 Å². The molecule has 0 aromatic carbocycles. The van der Waals surface area contributed by atoms with Crippen molar-refractivity contribution in [1.29, 1.82) is 0 Å². The lowest BCUT2D eigenvalue weighted by Gasteiger charge is -2.22. The summed E-state index contributed by atoms with van der Waals surface area (Å²) >= 11 is 0. The minimum atomic E-state index is -0.0429. The van der Waals surface area contributed by atoms with Gasteiger partial charge in [0.2, 0.25) is 0 Å². The summed E-state index contributed by atoms with van der Waals surface area (Å²) in [7, 11) is 0. The first-order valence-electron chi connectivity index (χ1n) is 10.7. The average Bonchev–Trinajstić information content (AvgIpc) is 2.59. The number of ether oxygens (including phenoxy) is 1. The first-order valence-corrected chi connectivity index (χ1v) is 10.7. The van der Waals surface area contributed by atoms with Gasteiger partial charge < -0.3 is 4.74 Å². The van der Waals surface area contributed by atoms with E-state index in [2.05, 4.69) is 19.9 Å². The van der Waals surface area contributed by atoms with E-state index in [0.717, 1.165) is 31.3 Å².